The third-order valence-electron chi connectivity index (χ3n) is 3.28. The molecular formula is C11H18O4. The molecule has 0 spiro atoms. The first kappa shape index (κ1) is 12.0. The van der Waals surface area contributed by atoms with Crippen LogP contribution in [0, 0.1) is 11.3 Å². The molecule has 1 fully saturated rings. The summed E-state index contributed by atoms with van der Waals surface area (Å²) in [5.41, 5.74) is -1.05. The maximum absolute atomic E-state index is 11.7. The predicted octanol–water partition coefficient (Wildman–Crippen LogP) is 1.53. The first-order chi connectivity index (χ1) is 7.06. The van der Waals surface area contributed by atoms with Crippen molar-refractivity contribution in [3.63, 3.8) is 0 Å². The van der Waals surface area contributed by atoms with E-state index in [0.717, 1.165) is 12.8 Å². The maximum Gasteiger partial charge on any atom is 0.323 e. The zero-order valence-electron chi connectivity index (χ0n) is 9.54. The largest absolute Gasteiger partial charge is 0.468 e. The van der Waals surface area contributed by atoms with Crippen LogP contribution >= 0.6 is 0 Å². The minimum atomic E-state index is -1.05. The zero-order chi connectivity index (χ0) is 11.5. The third-order valence-corrected chi connectivity index (χ3v) is 3.28. The van der Waals surface area contributed by atoms with Gasteiger partial charge in [0.2, 0.25) is 0 Å². The fraction of sp³-hybridized carbons (Fsp3) is 0.818. The number of methoxy groups -OCH3 is 2. The summed E-state index contributed by atoms with van der Waals surface area (Å²) in [5.74, 6) is -0.352. The Morgan fingerprint density at radius 1 is 1.07 bits per heavy atom. The lowest BCUT2D eigenvalue weighted by Gasteiger charge is -2.34. The van der Waals surface area contributed by atoms with Crippen molar-refractivity contribution < 1.29 is 19.1 Å². The molecule has 0 aromatic carbocycles. The van der Waals surface area contributed by atoms with Crippen LogP contribution < -0.4 is 0 Å². The van der Waals surface area contributed by atoms with E-state index in [1.807, 2.05) is 0 Å². The average molecular weight is 214 g/mol. The second kappa shape index (κ2) is 4.64. The van der Waals surface area contributed by atoms with Gasteiger partial charge in [0.1, 0.15) is 0 Å². The van der Waals surface area contributed by atoms with Crippen molar-refractivity contribution in [3.05, 3.63) is 0 Å². The van der Waals surface area contributed by atoms with E-state index in [1.165, 1.54) is 14.2 Å². The van der Waals surface area contributed by atoms with Crippen molar-refractivity contribution in [2.45, 2.75) is 32.6 Å². The molecule has 4 heteroatoms. The quantitative estimate of drug-likeness (QED) is 0.516. The van der Waals surface area contributed by atoms with Crippen LogP contribution in [-0.4, -0.2) is 26.2 Å². The number of ether oxygens (including phenoxy) is 2. The summed E-state index contributed by atoms with van der Waals surface area (Å²) in [5, 5.41) is 0. The van der Waals surface area contributed by atoms with Gasteiger partial charge in [-0.05, 0) is 31.6 Å². The van der Waals surface area contributed by atoms with Gasteiger partial charge in [0.05, 0.1) is 14.2 Å². The number of rotatable bonds is 2. The van der Waals surface area contributed by atoms with E-state index in [-0.39, 0.29) is 0 Å². The summed E-state index contributed by atoms with van der Waals surface area (Å²) in [6, 6.07) is 0. The lowest BCUT2D eigenvalue weighted by molar-refractivity contribution is -0.172. The van der Waals surface area contributed by atoms with Crippen molar-refractivity contribution >= 4 is 11.9 Å². The first-order valence-electron chi connectivity index (χ1n) is 5.23. The highest BCUT2D eigenvalue weighted by atomic mass is 16.5. The number of carbonyl (C=O) groups excluding carboxylic acids is 2. The van der Waals surface area contributed by atoms with Crippen LogP contribution in [0.5, 0.6) is 0 Å². The highest BCUT2D eigenvalue weighted by molar-refractivity contribution is 6.00. The van der Waals surface area contributed by atoms with Gasteiger partial charge in [-0.15, -0.1) is 0 Å². The SMILES string of the molecule is COC(=O)C1(C(=O)OC)CCC(C)CC1. The van der Waals surface area contributed by atoms with Gasteiger partial charge in [-0.1, -0.05) is 6.92 Å². The molecule has 0 amide bonds. The van der Waals surface area contributed by atoms with E-state index < -0.39 is 17.4 Å². The monoisotopic (exact) mass is 214 g/mol. The molecule has 0 aliphatic heterocycles. The second-order valence-electron chi connectivity index (χ2n) is 4.25. The minimum Gasteiger partial charge on any atom is -0.468 e. The Morgan fingerprint density at radius 2 is 1.47 bits per heavy atom. The molecule has 4 nitrogen and oxygen atoms in total. The molecule has 0 atom stereocenters. The highest BCUT2D eigenvalue weighted by Gasteiger charge is 2.49. The maximum atomic E-state index is 11.7. The Bertz CT molecular complexity index is 233. The predicted molar refractivity (Wildman–Crippen MR) is 54.1 cm³/mol. The molecule has 1 aliphatic rings. The van der Waals surface area contributed by atoms with Crippen molar-refractivity contribution in [3.8, 4) is 0 Å². The Kier molecular flexibility index (Phi) is 3.72. The molecule has 1 rings (SSSR count). The minimum absolute atomic E-state index is 0.457. The van der Waals surface area contributed by atoms with Crippen molar-refractivity contribution in [2.75, 3.05) is 14.2 Å². The number of hydrogen-bond donors (Lipinski definition) is 0. The normalized spacial score (nSPS) is 20.7. The van der Waals surface area contributed by atoms with Crippen molar-refractivity contribution in [1.29, 1.82) is 0 Å². The molecule has 1 saturated carbocycles. The average Bonchev–Trinajstić information content (AvgIpc) is 2.28. The van der Waals surface area contributed by atoms with Gasteiger partial charge >= 0.3 is 11.9 Å². The Hall–Kier alpha value is -1.06. The van der Waals surface area contributed by atoms with E-state index in [9.17, 15) is 9.59 Å². The number of hydrogen-bond acceptors (Lipinski definition) is 4. The van der Waals surface area contributed by atoms with E-state index in [0.29, 0.717) is 18.8 Å². The molecule has 0 N–H and O–H groups in total. The van der Waals surface area contributed by atoms with Crippen LogP contribution in [0.25, 0.3) is 0 Å². The Morgan fingerprint density at radius 3 is 1.80 bits per heavy atom. The van der Waals surface area contributed by atoms with E-state index in [1.54, 1.807) is 0 Å². The zero-order valence-corrected chi connectivity index (χ0v) is 9.54. The number of esters is 2. The van der Waals surface area contributed by atoms with Crippen LogP contribution in [0.3, 0.4) is 0 Å². The van der Waals surface area contributed by atoms with Crippen LogP contribution in [-0.2, 0) is 19.1 Å². The van der Waals surface area contributed by atoms with Gasteiger partial charge in [-0.3, -0.25) is 9.59 Å². The van der Waals surface area contributed by atoms with Crippen LogP contribution in [0.1, 0.15) is 32.6 Å². The van der Waals surface area contributed by atoms with Crippen LogP contribution in [0.2, 0.25) is 0 Å². The van der Waals surface area contributed by atoms with Gasteiger partial charge in [-0.25, -0.2) is 0 Å². The molecule has 0 bridgehead atoms. The van der Waals surface area contributed by atoms with E-state index in [2.05, 4.69) is 6.92 Å². The lowest BCUT2D eigenvalue weighted by Crippen LogP contribution is -2.43. The van der Waals surface area contributed by atoms with Gasteiger partial charge in [-0.2, -0.15) is 0 Å². The fourth-order valence-electron chi connectivity index (χ4n) is 2.14. The van der Waals surface area contributed by atoms with E-state index in [4.69, 9.17) is 9.47 Å². The summed E-state index contributed by atoms with van der Waals surface area (Å²) in [6.07, 6.45) is 2.80. The van der Waals surface area contributed by atoms with Crippen molar-refractivity contribution in [1.82, 2.24) is 0 Å². The molecule has 1 aliphatic carbocycles. The molecular weight excluding hydrogens is 196 g/mol. The number of carbonyl (C=O) groups is 2. The summed E-state index contributed by atoms with van der Waals surface area (Å²) in [6.45, 7) is 2.12. The van der Waals surface area contributed by atoms with Gasteiger partial charge < -0.3 is 9.47 Å². The molecule has 15 heavy (non-hydrogen) atoms. The molecule has 0 heterocycles. The second-order valence-corrected chi connectivity index (χ2v) is 4.25. The molecule has 0 aromatic rings. The molecule has 0 aromatic heterocycles. The summed E-state index contributed by atoms with van der Waals surface area (Å²) >= 11 is 0. The fourth-order valence-corrected chi connectivity index (χ4v) is 2.14. The van der Waals surface area contributed by atoms with Gasteiger partial charge in [0.15, 0.2) is 5.41 Å². The smallest absolute Gasteiger partial charge is 0.323 e. The van der Waals surface area contributed by atoms with Crippen LogP contribution in [0.4, 0.5) is 0 Å². The van der Waals surface area contributed by atoms with Crippen molar-refractivity contribution in [2.24, 2.45) is 11.3 Å². The highest BCUT2D eigenvalue weighted by Crippen LogP contribution is 2.40. The lowest BCUT2D eigenvalue weighted by atomic mass is 9.71. The standard InChI is InChI=1S/C11H18O4/c1-8-4-6-11(7-5-8,9(12)14-2)10(13)15-3/h8H,4-7H2,1-3H3. The molecule has 86 valence electrons. The summed E-state index contributed by atoms with van der Waals surface area (Å²) < 4.78 is 9.42. The van der Waals surface area contributed by atoms with Gasteiger partial charge in [0.25, 0.3) is 0 Å². The first-order valence-corrected chi connectivity index (χ1v) is 5.23. The Labute approximate surface area is 89.9 Å². The topological polar surface area (TPSA) is 52.6 Å². The Balaban J connectivity index is 2.87. The summed E-state index contributed by atoms with van der Waals surface area (Å²) in [4.78, 5) is 23.3. The van der Waals surface area contributed by atoms with Gasteiger partial charge in [0, 0.05) is 0 Å². The molecule has 0 radical (unpaired) electrons. The van der Waals surface area contributed by atoms with E-state index >= 15 is 0 Å². The summed E-state index contributed by atoms with van der Waals surface area (Å²) in [7, 11) is 2.62. The molecule has 0 saturated heterocycles. The van der Waals surface area contributed by atoms with Crippen LogP contribution in [0.15, 0.2) is 0 Å². The third kappa shape index (κ3) is 2.13. The molecule has 0 unspecified atom stereocenters.